The fourth-order valence-electron chi connectivity index (χ4n) is 0.737. The van der Waals surface area contributed by atoms with Crippen molar-refractivity contribution in [3.63, 3.8) is 0 Å². The molecule has 6 heteroatoms. The van der Waals surface area contributed by atoms with E-state index < -0.39 is 5.76 Å². The lowest BCUT2D eigenvalue weighted by Gasteiger charge is -1.71. The van der Waals surface area contributed by atoms with Gasteiger partial charge in [0.2, 0.25) is 0 Å². The van der Waals surface area contributed by atoms with E-state index in [1.807, 2.05) is 0 Å². The highest BCUT2D eigenvalue weighted by atomic mass is 16.4. The molecule has 0 atom stereocenters. The molecule has 0 saturated carbocycles. The van der Waals surface area contributed by atoms with Gasteiger partial charge in [0, 0.05) is 0 Å². The molecule has 3 N–H and O–H groups in total. The lowest BCUT2D eigenvalue weighted by molar-refractivity contribution is 0.546. The number of nitrogens with two attached hydrogens (primary N) is 1. The number of H-pyrrole nitrogens is 1. The van der Waals surface area contributed by atoms with E-state index in [9.17, 15) is 4.79 Å². The van der Waals surface area contributed by atoms with Crippen molar-refractivity contribution in [3.05, 3.63) is 16.7 Å². The van der Waals surface area contributed by atoms with Crippen molar-refractivity contribution in [1.29, 1.82) is 0 Å². The Hall–Kier alpha value is -1.72. The van der Waals surface area contributed by atoms with Gasteiger partial charge < -0.3 is 10.2 Å². The predicted octanol–water partition coefficient (Wildman–Crippen LogP) is -0.802. The van der Waals surface area contributed by atoms with Crippen molar-refractivity contribution in [2.24, 2.45) is 0 Å². The summed E-state index contributed by atoms with van der Waals surface area (Å²) in [6.45, 7) is 0. The minimum absolute atomic E-state index is 0.183. The summed E-state index contributed by atoms with van der Waals surface area (Å²) < 4.78 is 5.87. The average Bonchev–Trinajstić information content (AvgIpc) is 2.21. The van der Waals surface area contributed by atoms with Crippen molar-refractivity contribution in [1.82, 2.24) is 14.6 Å². The normalized spacial score (nSPS) is 10.8. The number of nitrogen functional groups attached to an aromatic ring is 1. The Balaban J connectivity index is 2.95. The van der Waals surface area contributed by atoms with Crippen LogP contribution in [0.2, 0.25) is 0 Å². The maximum absolute atomic E-state index is 10.4. The lowest BCUT2D eigenvalue weighted by atomic mass is 10.8. The summed E-state index contributed by atoms with van der Waals surface area (Å²) >= 11 is 0. The van der Waals surface area contributed by atoms with Crippen LogP contribution in [0.5, 0.6) is 0 Å². The molecule has 0 spiro atoms. The first-order valence-corrected chi connectivity index (χ1v) is 2.59. The fourth-order valence-corrected chi connectivity index (χ4v) is 0.737. The number of hydrogen-bond acceptors (Lipinski definition) is 4. The molecule has 0 aliphatic rings. The highest BCUT2D eigenvalue weighted by Gasteiger charge is 2.01. The van der Waals surface area contributed by atoms with Crippen LogP contribution in [0.15, 0.2) is 15.4 Å². The van der Waals surface area contributed by atoms with Gasteiger partial charge in [-0.05, 0) is 0 Å². The van der Waals surface area contributed by atoms with E-state index in [0.717, 1.165) is 0 Å². The summed E-state index contributed by atoms with van der Waals surface area (Å²) in [7, 11) is 0. The molecule has 0 bridgehead atoms. The van der Waals surface area contributed by atoms with E-state index in [-0.39, 0.29) is 5.84 Å². The van der Waals surface area contributed by atoms with Crippen LogP contribution in [0.3, 0.4) is 0 Å². The molecule has 0 fully saturated rings. The van der Waals surface area contributed by atoms with Gasteiger partial charge in [0.1, 0.15) is 5.82 Å². The summed E-state index contributed by atoms with van der Waals surface area (Å²) in [6.07, 6.45) is 1.46. The zero-order valence-electron chi connectivity index (χ0n) is 4.87. The predicted molar refractivity (Wildman–Crippen MR) is 32.5 cm³/mol. The van der Waals surface area contributed by atoms with Crippen LogP contribution < -0.4 is 11.5 Å². The standard InChI is InChI=1S/C4H4N4O2/c5-2-1-8-3(6-2)10-4(9)7-8/h1H,5H2,(H,7,9). The van der Waals surface area contributed by atoms with Crippen LogP contribution in [0, 0.1) is 0 Å². The Kier molecular flexibility index (Phi) is 0.717. The van der Waals surface area contributed by atoms with Gasteiger partial charge in [-0.2, -0.15) is 4.98 Å². The number of hydrogen-bond donors (Lipinski definition) is 2. The second kappa shape index (κ2) is 1.41. The van der Waals surface area contributed by atoms with Gasteiger partial charge in [0.15, 0.2) is 0 Å². The van der Waals surface area contributed by atoms with Gasteiger partial charge in [-0.15, -0.1) is 0 Å². The number of anilines is 1. The monoisotopic (exact) mass is 140 g/mol. The van der Waals surface area contributed by atoms with Crippen LogP contribution in [0.1, 0.15) is 0 Å². The van der Waals surface area contributed by atoms with Crippen LogP contribution in [-0.4, -0.2) is 14.6 Å². The first-order valence-electron chi connectivity index (χ1n) is 2.59. The van der Waals surface area contributed by atoms with Crippen LogP contribution in [-0.2, 0) is 0 Å². The first kappa shape index (κ1) is 5.10. The quantitative estimate of drug-likeness (QED) is 0.501. The third-order valence-corrected chi connectivity index (χ3v) is 1.09. The molecule has 0 aliphatic carbocycles. The molecule has 10 heavy (non-hydrogen) atoms. The molecule has 0 amide bonds. The molecule has 2 rings (SSSR count). The van der Waals surface area contributed by atoms with Gasteiger partial charge in [-0.1, -0.05) is 0 Å². The smallest absolute Gasteiger partial charge is 0.382 e. The molecule has 0 radical (unpaired) electrons. The first-order chi connectivity index (χ1) is 4.75. The van der Waals surface area contributed by atoms with Crippen molar-refractivity contribution < 1.29 is 4.42 Å². The van der Waals surface area contributed by atoms with Crippen LogP contribution in [0.25, 0.3) is 5.84 Å². The van der Waals surface area contributed by atoms with E-state index >= 15 is 0 Å². The molecule has 0 unspecified atom stereocenters. The Bertz CT molecular complexity index is 373. The van der Waals surface area contributed by atoms with E-state index in [4.69, 9.17) is 5.73 Å². The highest BCUT2D eigenvalue weighted by Crippen LogP contribution is 2.00. The van der Waals surface area contributed by atoms with E-state index in [0.29, 0.717) is 5.82 Å². The van der Waals surface area contributed by atoms with Gasteiger partial charge in [-0.3, -0.25) is 0 Å². The second-order valence-corrected chi connectivity index (χ2v) is 1.82. The molecule has 2 heterocycles. The van der Waals surface area contributed by atoms with Gasteiger partial charge in [-0.25, -0.2) is 14.4 Å². The van der Waals surface area contributed by atoms with Crippen molar-refractivity contribution in [2.45, 2.75) is 0 Å². The van der Waals surface area contributed by atoms with Crippen molar-refractivity contribution >= 4 is 11.7 Å². The Morgan fingerprint density at radius 1 is 1.80 bits per heavy atom. The molecule has 2 aromatic heterocycles. The SMILES string of the molecule is Nc1cn2[nH]c(=O)oc2n1. The third-order valence-electron chi connectivity index (χ3n) is 1.09. The van der Waals surface area contributed by atoms with Gasteiger partial charge >= 0.3 is 11.6 Å². The van der Waals surface area contributed by atoms with Crippen molar-refractivity contribution in [3.8, 4) is 0 Å². The molecule has 0 saturated heterocycles. The number of imidazole rings is 1. The minimum atomic E-state index is -0.539. The topological polar surface area (TPSA) is 89.3 Å². The summed E-state index contributed by atoms with van der Waals surface area (Å²) in [5.74, 6) is -0.0417. The number of aromatic amines is 1. The largest absolute Gasteiger partial charge is 0.434 e. The summed E-state index contributed by atoms with van der Waals surface area (Å²) in [4.78, 5) is 14.1. The fraction of sp³-hybridized carbons (Fsp3) is 0. The lowest BCUT2D eigenvalue weighted by Crippen LogP contribution is -1.97. The maximum Gasteiger partial charge on any atom is 0.434 e. The average molecular weight is 140 g/mol. The molecule has 6 nitrogen and oxygen atoms in total. The summed E-state index contributed by atoms with van der Waals surface area (Å²) in [5.41, 5.74) is 5.27. The second-order valence-electron chi connectivity index (χ2n) is 1.82. The zero-order chi connectivity index (χ0) is 7.14. The third kappa shape index (κ3) is 0.524. The number of rotatable bonds is 0. The Labute approximate surface area is 54.3 Å². The maximum atomic E-state index is 10.4. The van der Waals surface area contributed by atoms with E-state index in [1.165, 1.54) is 10.7 Å². The zero-order valence-corrected chi connectivity index (χ0v) is 4.87. The molecule has 0 aromatic carbocycles. The highest BCUT2D eigenvalue weighted by molar-refractivity contribution is 5.35. The molecule has 52 valence electrons. The van der Waals surface area contributed by atoms with Crippen LogP contribution in [0.4, 0.5) is 5.82 Å². The van der Waals surface area contributed by atoms with E-state index in [1.54, 1.807) is 0 Å². The minimum Gasteiger partial charge on any atom is -0.382 e. The number of fused-ring (bicyclic) bond motifs is 1. The number of nitrogens with one attached hydrogen (secondary N) is 1. The summed E-state index contributed by atoms with van der Waals surface area (Å²) in [5, 5.41) is 2.33. The summed E-state index contributed by atoms with van der Waals surface area (Å²) in [6, 6.07) is 0. The Morgan fingerprint density at radius 3 is 3.30 bits per heavy atom. The van der Waals surface area contributed by atoms with Crippen LogP contribution >= 0.6 is 0 Å². The van der Waals surface area contributed by atoms with Crippen molar-refractivity contribution in [2.75, 3.05) is 5.73 Å². The van der Waals surface area contributed by atoms with Gasteiger partial charge in [0.05, 0.1) is 6.20 Å². The molecular formula is C4H4N4O2. The molecule has 0 aliphatic heterocycles. The molecule has 2 aromatic rings. The van der Waals surface area contributed by atoms with E-state index in [2.05, 4.69) is 14.5 Å². The number of aromatic nitrogens is 3. The molecular weight excluding hydrogens is 136 g/mol. The number of nitrogens with zero attached hydrogens (tertiary/aromatic N) is 2. The van der Waals surface area contributed by atoms with Gasteiger partial charge in [0.25, 0.3) is 0 Å². The Morgan fingerprint density at radius 2 is 2.60 bits per heavy atom.